The number of nitrogens with one attached hydrogen (secondary N) is 1. The van der Waals surface area contributed by atoms with E-state index in [4.69, 9.17) is 4.74 Å². The van der Waals surface area contributed by atoms with E-state index in [-0.39, 0.29) is 28.5 Å². The van der Waals surface area contributed by atoms with Gasteiger partial charge in [0.1, 0.15) is 11.4 Å². The molecule has 3 fully saturated rings. The maximum absolute atomic E-state index is 14.9. The molecular formula is C36H45FN6O5. The number of fused-ring (bicyclic) bond motifs is 1. The molecule has 1 N–H and O–H groups in total. The molecule has 2 aromatic carbocycles. The molecule has 0 saturated carbocycles. The Labute approximate surface area is 280 Å². The van der Waals surface area contributed by atoms with E-state index in [1.807, 2.05) is 37.8 Å². The Hall–Kier alpha value is -4.32. The van der Waals surface area contributed by atoms with Crippen molar-refractivity contribution in [2.24, 2.45) is 5.41 Å². The number of piperazine rings is 1. The number of carbonyl (C=O) groups is 3. The van der Waals surface area contributed by atoms with Gasteiger partial charge in [0.25, 0.3) is 11.5 Å². The van der Waals surface area contributed by atoms with E-state index in [0.29, 0.717) is 74.3 Å². The molecule has 3 saturated heterocycles. The first-order valence-electron chi connectivity index (χ1n) is 16.9. The summed E-state index contributed by atoms with van der Waals surface area (Å²) in [5.74, 6) is -0.952. The van der Waals surface area contributed by atoms with Crippen LogP contribution in [-0.4, -0.2) is 112 Å². The Bertz CT molecular complexity index is 1730. The summed E-state index contributed by atoms with van der Waals surface area (Å²) in [5.41, 5.74) is 0.754. The Morgan fingerprint density at radius 2 is 1.48 bits per heavy atom. The minimum Gasteiger partial charge on any atom is -0.444 e. The minimum atomic E-state index is -0.597. The van der Waals surface area contributed by atoms with E-state index >= 15 is 0 Å². The van der Waals surface area contributed by atoms with Crippen LogP contribution in [0.2, 0.25) is 0 Å². The van der Waals surface area contributed by atoms with Crippen LogP contribution in [0.1, 0.15) is 68.1 Å². The molecule has 11 nitrogen and oxygen atoms in total. The number of amides is 3. The van der Waals surface area contributed by atoms with Crippen molar-refractivity contribution in [3.05, 3.63) is 75.5 Å². The second-order valence-corrected chi connectivity index (χ2v) is 14.5. The standard InChI is InChI=1S/C36H45FN6O5/c1-35(2,3)48-34(47)43-16-12-36(13-17-43)10-14-40(15-11-36)24-31(44)41-18-20-42(21-19-41)33(46)28-22-25(8-9-29(28)37)23-30-26-6-4-5-7-27(26)32(45)39-38-30/h4-9,22H,10-21,23-24H2,1-3H3,(H,39,45). The summed E-state index contributed by atoms with van der Waals surface area (Å²) >= 11 is 0. The molecule has 256 valence electrons. The summed E-state index contributed by atoms with van der Waals surface area (Å²) < 4.78 is 20.5. The molecule has 3 aliphatic heterocycles. The van der Waals surface area contributed by atoms with Crippen LogP contribution >= 0.6 is 0 Å². The number of hydrogen-bond donors (Lipinski definition) is 1. The molecule has 12 heteroatoms. The van der Waals surface area contributed by atoms with E-state index in [1.165, 1.54) is 6.07 Å². The Balaban J connectivity index is 0.979. The lowest BCUT2D eigenvalue weighted by atomic mass is 9.71. The van der Waals surface area contributed by atoms with Gasteiger partial charge in [-0.1, -0.05) is 24.3 Å². The number of nitrogens with zero attached hydrogens (tertiary/aromatic N) is 5. The van der Waals surface area contributed by atoms with Crippen molar-refractivity contribution in [2.45, 2.75) is 58.5 Å². The van der Waals surface area contributed by atoms with E-state index < -0.39 is 17.3 Å². The number of H-pyrrole nitrogens is 1. The van der Waals surface area contributed by atoms with Crippen LogP contribution in [-0.2, 0) is 16.0 Å². The van der Waals surface area contributed by atoms with Crippen LogP contribution in [0.4, 0.5) is 9.18 Å². The third-order valence-corrected chi connectivity index (χ3v) is 10.1. The normalized spacial score (nSPS) is 18.7. The summed E-state index contributed by atoms with van der Waals surface area (Å²) in [5, 5.41) is 7.97. The highest BCUT2D eigenvalue weighted by atomic mass is 19.1. The van der Waals surface area contributed by atoms with Gasteiger partial charge in [-0.25, -0.2) is 14.3 Å². The topological polar surface area (TPSA) is 119 Å². The van der Waals surface area contributed by atoms with Crippen molar-refractivity contribution in [1.29, 1.82) is 0 Å². The van der Waals surface area contributed by atoms with Gasteiger partial charge in [-0.05, 0) is 88.7 Å². The number of ether oxygens (including phenoxy) is 1. The van der Waals surface area contributed by atoms with Gasteiger partial charge in [0.15, 0.2) is 0 Å². The van der Waals surface area contributed by atoms with Crippen molar-refractivity contribution >= 4 is 28.7 Å². The van der Waals surface area contributed by atoms with Crippen LogP contribution in [0.15, 0.2) is 47.3 Å². The predicted octanol–water partition coefficient (Wildman–Crippen LogP) is 4.05. The quantitative estimate of drug-likeness (QED) is 0.439. The summed E-state index contributed by atoms with van der Waals surface area (Å²) in [7, 11) is 0. The van der Waals surface area contributed by atoms with Gasteiger partial charge in [0.2, 0.25) is 5.91 Å². The first-order chi connectivity index (χ1) is 22.9. The molecule has 0 unspecified atom stereocenters. The molecule has 6 rings (SSSR count). The Kier molecular flexibility index (Phi) is 9.55. The average Bonchev–Trinajstić information content (AvgIpc) is 3.07. The summed E-state index contributed by atoms with van der Waals surface area (Å²) in [6.07, 6.45) is 3.99. The van der Waals surface area contributed by atoms with Crippen molar-refractivity contribution < 1.29 is 23.5 Å². The maximum atomic E-state index is 14.9. The van der Waals surface area contributed by atoms with Gasteiger partial charge in [-0.3, -0.25) is 19.3 Å². The monoisotopic (exact) mass is 660 g/mol. The smallest absolute Gasteiger partial charge is 0.410 e. The van der Waals surface area contributed by atoms with Gasteiger partial charge >= 0.3 is 6.09 Å². The molecule has 48 heavy (non-hydrogen) atoms. The SMILES string of the molecule is CC(C)(C)OC(=O)N1CCC2(CCN(CC(=O)N3CCN(C(=O)c4cc(Cc5n[nH]c(=O)c6ccccc56)ccc4F)CC3)CC2)CC1. The van der Waals surface area contributed by atoms with Gasteiger partial charge < -0.3 is 19.4 Å². The minimum absolute atomic E-state index is 0.0137. The van der Waals surface area contributed by atoms with Crippen LogP contribution in [0.5, 0.6) is 0 Å². The van der Waals surface area contributed by atoms with Gasteiger partial charge in [-0.2, -0.15) is 5.10 Å². The van der Waals surface area contributed by atoms with Gasteiger partial charge in [0, 0.05) is 51.1 Å². The lowest BCUT2D eigenvalue weighted by Gasteiger charge is -2.47. The number of benzene rings is 2. The number of likely N-dealkylation sites (tertiary alicyclic amines) is 2. The Morgan fingerprint density at radius 1 is 0.854 bits per heavy atom. The van der Waals surface area contributed by atoms with Crippen molar-refractivity contribution in [2.75, 3.05) is 58.9 Å². The Morgan fingerprint density at radius 3 is 2.15 bits per heavy atom. The van der Waals surface area contributed by atoms with E-state index in [9.17, 15) is 23.6 Å². The number of rotatable bonds is 5. The molecule has 1 spiro atoms. The average molecular weight is 661 g/mol. The molecule has 0 radical (unpaired) electrons. The molecule has 0 atom stereocenters. The summed E-state index contributed by atoms with van der Waals surface area (Å²) in [6, 6.07) is 11.6. The lowest BCUT2D eigenvalue weighted by Crippen LogP contribution is -2.54. The van der Waals surface area contributed by atoms with Crippen LogP contribution in [0, 0.1) is 11.2 Å². The first kappa shape index (κ1) is 33.6. The molecule has 4 heterocycles. The zero-order valence-corrected chi connectivity index (χ0v) is 28.1. The number of aromatic amines is 1. The highest BCUT2D eigenvalue weighted by molar-refractivity contribution is 5.95. The summed E-state index contributed by atoms with van der Waals surface area (Å²) in [6.45, 7) is 10.5. The first-order valence-corrected chi connectivity index (χ1v) is 16.9. The maximum Gasteiger partial charge on any atom is 0.410 e. The third kappa shape index (κ3) is 7.53. The predicted molar refractivity (Wildman–Crippen MR) is 179 cm³/mol. The highest BCUT2D eigenvalue weighted by Crippen LogP contribution is 2.41. The highest BCUT2D eigenvalue weighted by Gasteiger charge is 2.40. The van der Waals surface area contributed by atoms with Crippen molar-refractivity contribution in [3.63, 3.8) is 0 Å². The molecule has 0 bridgehead atoms. The second kappa shape index (κ2) is 13.7. The van der Waals surface area contributed by atoms with E-state index in [1.54, 1.807) is 34.1 Å². The number of carbonyl (C=O) groups excluding carboxylic acids is 3. The third-order valence-electron chi connectivity index (χ3n) is 10.1. The second-order valence-electron chi connectivity index (χ2n) is 14.5. The molecular weight excluding hydrogens is 615 g/mol. The number of aromatic nitrogens is 2. The fraction of sp³-hybridized carbons (Fsp3) is 0.528. The van der Waals surface area contributed by atoms with Gasteiger partial charge in [-0.15, -0.1) is 0 Å². The van der Waals surface area contributed by atoms with E-state index in [0.717, 1.165) is 38.8 Å². The molecule has 3 aliphatic rings. The van der Waals surface area contributed by atoms with Crippen LogP contribution in [0.3, 0.4) is 0 Å². The lowest BCUT2D eigenvalue weighted by molar-refractivity contribution is -0.134. The van der Waals surface area contributed by atoms with Crippen molar-refractivity contribution in [1.82, 2.24) is 29.8 Å². The molecule has 0 aliphatic carbocycles. The molecule has 3 amide bonds. The van der Waals surface area contributed by atoms with Gasteiger partial charge in [0.05, 0.1) is 23.2 Å². The summed E-state index contributed by atoms with van der Waals surface area (Å²) in [4.78, 5) is 58.7. The van der Waals surface area contributed by atoms with Crippen molar-refractivity contribution in [3.8, 4) is 0 Å². The van der Waals surface area contributed by atoms with Crippen LogP contribution < -0.4 is 5.56 Å². The number of hydrogen-bond acceptors (Lipinski definition) is 7. The fourth-order valence-electron chi connectivity index (χ4n) is 7.14. The molecule has 1 aromatic heterocycles. The van der Waals surface area contributed by atoms with E-state index in [2.05, 4.69) is 15.1 Å². The van der Waals surface area contributed by atoms with Crippen LogP contribution in [0.25, 0.3) is 10.8 Å². The number of piperidine rings is 2. The zero-order chi connectivity index (χ0) is 34.1. The molecule has 3 aromatic rings. The zero-order valence-electron chi connectivity index (χ0n) is 28.1. The largest absolute Gasteiger partial charge is 0.444 e. The number of halogens is 1. The fourth-order valence-corrected chi connectivity index (χ4v) is 7.14.